The first-order chi connectivity index (χ1) is 8.52. The minimum Gasteiger partial charge on any atom is -0.330 e. The molecule has 0 saturated carbocycles. The molecule has 96 valence electrons. The summed E-state index contributed by atoms with van der Waals surface area (Å²) in [6.45, 7) is 9.17. The van der Waals surface area contributed by atoms with Gasteiger partial charge in [0.1, 0.15) is 5.01 Å². The van der Waals surface area contributed by atoms with E-state index in [2.05, 4.69) is 45.9 Å². The molecule has 1 aromatic carbocycles. The maximum Gasteiger partial charge on any atom is 0.124 e. The first kappa shape index (κ1) is 13.2. The molecule has 2 N–H and O–H groups in total. The summed E-state index contributed by atoms with van der Waals surface area (Å²) >= 11 is 1.78. The van der Waals surface area contributed by atoms with E-state index in [-0.39, 0.29) is 0 Å². The molecule has 0 saturated heterocycles. The Bertz CT molecular complexity index is 558. The number of hydrogen-bond acceptors (Lipinski definition) is 3. The summed E-state index contributed by atoms with van der Waals surface area (Å²) in [5.74, 6) is 0.390. The summed E-state index contributed by atoms with van der Waals surface area (Å²) in [6, 6.07) is 6.51. The molecule has 0 spiro atoms. The van der Waals surface area contributed by atoms with Gasteiger partial charge in [-0.1, -0.05) is 24.6 Å². The Kier molecular flexibility index (Phi) is 3.83. The number of aryl methyl sites for hydroxylation is 3. The predicted octanol–water partition coefficient (Wildman–Crippen LogP) is 3.80. The summed E-state index contributed by atoms with van der Waals surface area (Å²) in [7, 11) is 0. The molecule has 0 aliphatic rings. The molecule has 1 aromatic heterocycles. The standard InChI is InChI=1S/C15H20N2S/c1-9-5-6-10(2)13(7-9)15-17-12(4)14(18-15)11(3)8-16/h5-7,11H,8,16H2,1-4H3. The molecule has 0 aliphatic carbocycles. The summed E-state index contributed by atoms with van der Waals surface area (Å²) < 4.78 is 0. The first-order valence-electron chi connectivity index (χ1n) is 6.28. The summed E-state index contributed by atoms with van der Waals surface area (Å²) in [5.41, 5.74) is 10.7. The van der Waals surface area contributed by atoms with Crippen molar-refractivity contribution in [1.29, 1.82) is 0 Å². The van der Waals surface area contributed by atoms with E-state index in [9.17, 15) is 0 Å². The highest BCUT2D eigenvalue weighted by atomic mass is 32.1. The van der Waals surface area contributed by atoms with Gasteiger partial charge in [0, 0.05) is 16.4 Å². The Hall–Kier alpha value is -1.19. The zero-order chi connectivity index (χ0) is 13.3. The highest BCUT2D eigenvalue weighted by Gasteiger charge is 2.15. The molecule has 2 nitrogen and oxygen atoms in total. The van der Waals surface area contributed by atoms with E-state index in [4.69, 9.17) is 10.7 Å². The van der Waals surface area contributed by atoms with Crippen LogP contribution >= 0.6 is 11.3 Å². The summed E-state index contributed by atoms with van der Waals surface area (Å²) in [4.78, 5) is 6.03. The molecule has 1 heterocycles. The number of hydrogen-bond donors (Lipinski definition) is 1. The SMILES string of the molecule is Cc1ccc(C)c(-c2nc(C)c(C(C)CN)s2)c1. The molecular weight excluding hydrogens is 240 g/mol. The van der Waals surface area contributed by atoms with Gasteiger partial charge < -0.3 is 5.73 Å². The lowest BCUT2D eigenvalue weighted by Gasteiger charge is -2.05. The fourth-order valence-electron chi connectivity index (χ4n) is 2.05. The zero-order valence-electron chi connectivity index (χ0n) is 11.4. The predicted molar refractivity (Wildman–Crippen MR) is 79.2 cm³/mol. The molecule has 0 aliphatic heterocycles. The van der Waals surface area contributed by atoms with Crippen molar-refractivity contribution < 1.29 is 0 Å². The number of nitrogens with two attached hydrogens (primary N) is 1. The topological polar surface area (TPSA) is 38.9 Å². The molecule has 3 heteroatoms. The number of thiazole rings is 1. The highest BCUT2D eigenvalue weighted by Crippen LogP contribution is 2.34. The Morgan fingerprint density at radius 2 is 2.00 bits per heavy atom. The Morgan fingerprint density at radius 1 is 1.28 bits per heavy atom. The Balaban J connectivity index is 2.49. The smallest absolute Gasteiger partial charge is 0.124 e. The van der Waals surface area contributed by atoms with Crippen molar-refractivity contribution in [3.63, 3.8) is 0 Å². The largest absolute Gasteiger partial charge is 0.330 e. The van der Waals surface area contributed by atoms with E-state index in [1.807, 2.05) is 0 Å². The van der Waals surface area contributed by atoms with Crippen LogP contribution in [-0.2, 0) is 0 Å². The zero-order valence-corrected chi connectivity index (χ0v) is 12.3. The maximum absolute atomic E-state index is 5.75. The van der Waals surface area contributed by atoms with Crippen LogP contribution in [0, 0.1) is 20.8 Å². The Labute approximate surface area is 113 Å². The van der Waals surface area contributed by atoms with Gasteiger partial charge >= 0.3 is 0 Å². The van der Waals surface area contributed by atoms with Gasteiger partial charge in [-0.15, -0.1) is 11.3 Å². The number of rotatable bonds is 3. The molecule has 1 unspecified atom stereocenters. The minimum atomic E-state index is 0.390. The maximum atomic E-state index is 5.75. The normalized spacial score (nSPS) is 12.7. The highest BCUT2D eigenvalue weighted by molar-refractivity contribution is 7.15. The van der Waals surface area contributed by atoms with Crippen LogP contribution in [0.5, 0.6) is 0 Å². The third-order valence-corrected chi connectivity index (χ3v) is 4.68. The minimum absolute atomic E-state index is 0.390. The van der Waals surface area contributed by atoms with Crippen molar-refractivity contribution in [2.24, 2.45) is 5.73 Å². The molecule has 1 atom stereocenters. The van der Waals surface area contributed by atoms with Crippen LogP contribution < -0.4 is 5.73 Å². The fraction of sp³-hybridized carbons (Fsp3) is 0.400. The molecule has 0 fully saturated rings. The van der Waals surface area contributed by atoms with Gasteiger partial charge in [-0.05, 0) is 38.9 Å². The van der Waals surface area contributed by atoms with Crippen molar-refractivity contribution in [2.45, 2.75) is 33.6 Å². The van der Waals surface area contributed by atoms with Gasteiger partial charge in [-0.3, -0.25) is 0 Å². The van der Waals surface area contributed by atoms with Gasteiger partial charge in [-0.2, -0.15) is 0 Å². The third-order valence-electron chi connectivity index (χ3n) is 3.26. The van der Waals surface area contributed by atoms with E-state index < -0.39 is 0 Å². The van der Waals surface area contributed by atoms with Crippen molar-refractivity contribution in [1.82, 2.24) is 4.98 Å². The quantitative estimate of drug-likeness (QED) is 0.911. The number of nitrogens with zero attached hydrogens (tertiary/aromatic N) is 1. The average Bonchev–Trinajstić information content (AvgIpc) is 2.73. The lowest BCUT2D eigenvalue weighted by Crippen LogP contribution is -2.08. The molecule has 0 radical (unpaired) electrons. The van der Waals surface area contributed by atoms with Crippen molar-refractivity contribution in [3.05, 3.63) is 39.9 Å². The van der Waals surface area contributed by atoms with Crippen LogP contribution in [0.25, 0.3) is 10.6 Å². The van der Waals surface area contributed by atoms with E-state index in [0.717, 1.165) is 10.7 Å². The van der Waals surface area contributed by atoms with Gasteiger partial charge in [-0.25, -0.2) is 4.98 Å². The van der Waals surface area contributed by atoms with Crippen LogP contribution in [0.2, 0.25) is 0 Å². The van der Waals surface area contributed by atoms with E-state index in [1.165, 1.54) is 21.6 Å². The Morgan fingerprint density at radius 3 is 2.67 bits per heavy atom. The van der Waals surface area contributed by atoms with E-state index in [1.54, 1.807) is 11.3 Å². The van der Waals surface area contributed by atoms with Crippen LogP contribution in [0.15, 0.2) is 18.2 Å². The van der Waals surface area contributed by atoms with Gasteiger partial charge in [0.15, 0.2) is 0 Å². The second-order valence-electron chi connectivity index (χ2n) is 4.92. The van der Waals surface area contributed by atoms with Crippen LogP contribution in [0.4, 0.5) is 0 Å². The van der Waals surface area contributed by atoms with E-state index >= 15 is 0 Å². The number of aromatic nitrogens is 1. The van der Waals surface area contributed by atoms with Crippen LogP contribution in [0.3, 0.4) is 0 Å². The van der Waals surface area contributed by atoms with Crippen molar-refractivity contribution >= 4 is 11.3 Å². The molecular formula is C15H20N2S. The lowest BCUT2D eigenvalue weighted by molar-refractivity contribution is 0.780. The molecule has 2 aromatic rings. The third kappa shape index (κ3) is 2.47. The van der Waals surface area contributed by atoms with E-state index in [0.29, 0.717) is 12.5 Å². The van der Waals surface area contributed by atoms with Gasteiger partial charge in [0.2, 0.25) is 0 Å². The number of benzene rings is 1. The van der Waals surface area contributed by atoms with Crippen LogP contribution in [0.1, 0.15) is 34.5 Å². The second kappa shape index (κ2) is 5.21. The first-order valence-corrected chi connectivity index (χ1v) is 7.09. The molecule has 2 rings (SSSR count). The van der Waals surface area contributed by atoms with Crippen molar-refractivity contribution in [2.75, 3.05) is 6.54 Å². The lowest BCUT2D eigenvalue weighted by atomic mass is 10.1. The van der Waals surface area contributed by atoms with Gasteiger partial charge in [0.05, 0.1) is 5.69 Å². The average molecular weight is 260 g/mol. The second-order valence-corrected chi connectivity index (χ2v) is 5.95. The van der Waals surface area contributed by atoms with Gasteiger partial charge in [0.25, 0.3) is 0 Å². The summed E-state index contributed by atoms with van der Waals surface area (Å²) in [5, 5.41) is 1.11. The molecule has 0 amide bonds. The fourth-order valence-corrected chi connectivity index (χ4v) is 3.27. The van der Waals surface area contributed by atoms with Crippen molar-refractivity contribution in [3.8, 4) is 10.6 Å². The molecule has 18 heavy (non-hydrogen) atoms. The van der Waals surface area contributed by atoms with Crippen LogP contribution in [-0.4, -0.2) is 11.5 Å². The summed E-state index contributed by atoms with van der Waals surface area (Å²) in [6.07, 6.45) is 0. The monoisotopic (exact) mass is 260 g/mol. The molecule has 0 bridgehead atoms.